The van der Waals surface area contributed by atoms with Crippen molar-refractivity contribution >= 4 is 26.3 Å². The molecule has 0 N–H and O–H groups in total. The maximum absolute atomic E-state index is 4.83. The van der Waals surface area contributed by atoms with E-state index in [2.05, 4.69) is 85.2 Å². The molecule has 0 bridgehead atoms. The van der Waals surface area contributed by atoms with Gasteiger partial charge in [0.2, 0.25) is 0 Å². The summed E-state index contributed by atoms with van der Waals surface area (Å²) in [4.78, 5) is 4.83. The van der Waals surface area contributed by atoms with Crippen molar-refractivity contribution in [2.24, 2.45) is 10.9 Å². The Bertz CT molecular complexity index is 761. The van der Waals surface area contributed by atoms with Crippen molar-refractivity contribution in [3.8, 4) is 0 Å². The van der Waals surface area contributed by atoms with Gasteiger partial charge in [-0.3, -0.25) is 4.99 Å². The number of aliphatic imine (C=N–C) groups is 1. The Balaban J connectivity index is 2.35. The predicted molar refractivity (Wildman–Crippen MR) is 117 cm³/mol. The lowest BCUT2D eigenvalue weighted by Gasteiger charge is -2.19. The maximum Gasteiger partial charge on any atom is 0.0789 e. The molecule has 0 aromatic heterocycles. The standard InChI is InChI=1S/C23H28NP/c1-17(2)11-7-6-10-14-24-21-13-9-5-8-12-19(4)23-20(21)15-18(3)16-22(23)25/h5-12,14-17,21H,4,13,25H2,1-3H3/b9-5-,10-6-,11-7+,12-8-,24-14?. The Morgan fingerprint density at radius 1 is 1.20 bits per heavy atom. The fourth-order valence-electron chi connectivity index (χ4n) is 2.84. The van der Waals surface area contributed by atoms with Gasteiger partial charge in [0.05, 0.1) is 6.04 Å². The number of allylic oxidation sites excluding steroid dienone is 8. The summed E-state index contributed by atoms with van der Waals surface area (Å²) in [7, 11) is 2.85. The molecule has 0 aliphatic heterocycles. The van der Waals surface area contributed by atoms with E-state index in [-0.39, 0.29) is 6.04 Å². The molecule has 0 saturated heterocycles. The van der Waals surface area contributed by atoms with Crippen LogP contribution in [0.5, 0.6) is 0 Å². The van der Waals surface area contributed by atoms with Gasteiger partial charge in [0, 0.05) is 6.21 Å². The molecule has 1 aliphatic carbocycles. The van der Waals surface area contributed by atoms with Gasteiger partial charge in [0.15, 0.2) is 0 Å². The molecule has 1 aliphatic rings. The van der Waals surface area contributed by atoms with Crippen molar-refractivity contribution in [1.29, 1.82) is 0 Å². The van der Waals surface area contributed by atoms with Gasteiger partial charge in [-0.25, -0.2) is 0 Å². The second-order valence-electron chi connectivity index (χ2n) is 6.69. The third kappa shape index (κ3) is 5.80. The van der Waals surface area contributed by atoms with Crippen LogP contribution in [0.3, 0.4) is 0 Å². The zero-order chi connectivity index (χ0) is 18.2. The quantitative estimate of drug-likeness (QED) is 0.364. The normalized spacial score (nSPS) is 20.8. The lowest BCUT2D eigenvalue weighted by atomic mass is 9.92. The number of fused-ring (bicyclic) bond motifs is 1. The highest BCUT2D eigenvalue weighted by molar-refractivity contribution is 7.27. The number of rotatable bonds is 4. The molecule has 0 radical (unpaired) electrons. The zero-order valence-electron chi connectivity index (χ0n) is 15.4. The smallest absolute Gasteiger partial charge is 0.0789 e. The largest absolute Gasteiger partial charge is 0.285 e. The number of aryl methyl sites for hydroxylation is 1. The summed E-state index contributed by atoms with van der Waals surface area (Å²) in [5.41, 5.74) is 4.72. The third-order valence-corrected chi connectivity index (χ3v) is 4.45. The van der Waals surface area contributed by atoms with E-state index < -0.39 is 0 Å². The van der Waals surface area contributed by atoms with E-state index in [1.54, 1.807) is 0 Å². The topological polar surface area (TPSA) is 12.4 Å². The highest BCUT2D eigenvalue weighted by Gasteiger charge is 2.17. The molecule has 1 aromatic rings. The molecule has 1 nitrogen and oxygen atoms in total. The van der Waals surface area contributed by atoms with Crippen molar-refractivity contribution in [3.05, 3.63) is 84.0 Å². The summed E-state index contributed by atoms with van der Waals surface area (Å²) >= 11 is 0. The molecule has 2 heteroatoms. The van der Waals surface area contributed by atoms with Crippen LogP contribution in [0.4, 0.5) is 0 Å². The Morgan fingerprint density at radius 3 is 2.76 bits per heavy atom. The number of benzene rings is 1. The molecule has 0 saturated carbocycles. The van der Waals surface area contributed by atoms with Crippen LogP contribution in [0.15, 0.2) is 72.3 Å². The molecule has 0 heterocycles. The van der Waals surface area contributed by atoms with Crippen LogP contribution >= 0.6 is 9.24 Å². The van der Waals surface area contributed by atoms with Crippen LogP contribution in [0.25, 0.3) is 5.57 Å². The van der Waals surface area contributed by atoms with Gasteiger partial charge in [0.25, 0.3) is 0 Å². The van der Waals surface area contributed by atoms with Crippen LogP contribution < -0.4 is 5.30 Å². The zero-order valence-corrected chi connectivity index (χ0v) is 16.6. The third-order valence-electron chi connectivity index (χ3n) is 4.00. The van der Waals surface area contributed by atoms with Crippen molar-refractivity contribution in [3.63, 3.8) is 0 Å². The van der Waals surface area contributed by atoms with Crippen LogP contribution in [0.2, 0.25) is 0 Å². The van der Waals surface area contributed by atoms with E-state index in [0.717, 1.165) is 12.0 Å². The SMILES string of the molecule is C=C1/C=C\C=C/CC(N=C/C=C\C=C\C(C)C)c2cc(C)cc(P)c21. The summed E-state index contributed by atoms with van der Waals surface area (Å²) in [5, 5.41) is 1.18. The average Bonchev–Trinajstić information content (AvgIpc) is 2.60. The molecule has 1 aromatic carbocycles. The van der Waals surface area contributed by atoms with E-state index in [4.69, 9.17) is 4.99 Å². The highest BCUT2D eigenvalue weighted by atomic mass is 31.0. The van der Waals surface area contributed by atoms with E-state index in [1.165, 1.54) is 22.0 Å². The van der Waals surface area contributed by atoms with Gasteiger partial charge in [-0.1, -0.05) is 80.7 Å². The van der Waals surface area contributed by atoms with Gasteiger partial charge in [-0.05, 0) is 47.3 Å². The summed E-state index contributed by atoms with van der Waals surface area (Å²) in [6, 6.07) is 4.53. The highest BCUT2D eigenvalue weighted by Crippen LogP contribution is 2.31. The molecule has 2 unspecified atom stereocenters. The molecule has 0 spiro atoms. The maximum atomic E-state index is 4.83. The first-order valence-electron chi connectivity index (χ1n) is 8.78. The van der Waals surface area contributed by atoms with Gasteiger partial charge < -0.3 is 0 Å². The molecule has 25 heavy (non-hydrogen) atoms. The minimum atomic E-state index is 0.0980. The summed E-state index contributed by atoms with van der Waals surface area (Å²) in [6.07, 6.45) is 19.4. The lowest BCUT2D eigenvalue weighted by molar-refractivity contribution is 0.746. The molecule has 2 atom stereocenters. The lowest BCUT2D eigenvalue weighted by Crippen LogP contribution is -2.09. The second kappa shape index (κ2) is 9.49. The minimum Gasteiger partial charge on any atom is -0.285 e. The second-order valence-corrected chi connectivity index (χ2v) is 7.32. The summed E-state index contributed by atoms with van der Waals surface area (Å²) < 4.78 is 0. The summed E-state index contributed by atoms with van der Waals surface area (Å²) in [5.74, 6) is 0.565. The van der Waals surface area contributed by atoms with Crippen LogP contribution in [0.1, 0.15) is 43.0 Å². The molecular formula is C23H28NP. The Labute approximate surface area is 154 Å². The first-order valence-corrected chi connectivity index (χ1v) is 9.36. The van der Waals surface area contributed by atoms with E-state index >= 15 is 0 Å². The minimum absolute atomic E-state index is 0.0980. The van der Waals surface area contributed by atoms with Crippen molar-refractivity contribution in [2.75, 3.05) is 0 Å². The molecular weight excluding hydrogens is 321 g/mol. The van der Waals surface area contributed by atoms with E-state index in [9.17, 15) is 0 Å². The molecule has 2 rings (SSSR count). The van der Waals surface area contributed by atoms with Crippen molar-refractivity contribution < 1.29 is 0 Å². The fraction of sp³-hybridized carbons (Fsp3) is 0.261. The monoisotopic (exact) mass is 349 g/mol. The number of nitrogens with zero attached hydrogens (tertiary/aromatic N) is 1. The Morgan fingerprint density at radius 2 is 2.00 bits per heavy atom. The van der Waals surface area contributed by atoms with Crippen LogP contribution in [0, 0.1) is 12.8 Å². The Kier molecular flexibility index (Phi) is 7.34. The molecule has 130 valence electrons. The molecule has 0 amide bonds. The van der Waals surface area contributed by atoms with Gasteiger partial charge in [0.1, 0.15) is 0 Å². The van der Waals surface area contributed by atoms with E-state index in [0.29, 0.717) is 5.92 Å². The average molecular weight is 349 g/mol. The van der Waals surface area contributed by atoms with Crippen molar-refractivity contribution in [2.45, 2.75) is 33.2 Å². The number of hydrogen-bond acceptors (Lipinski definition) is 1. The van der Waals surface area contributed by atoms with Gasteiger partial charge in [-0.2, -0.15) is 0 Å². The fourth-order valence-corrected chi connectivity index (χ4v) is 3.45. The van der Waals surface area contributed by atoms with Gasteiger partial charge in [-0.15, -0.1) is 9.24 Å². The first kappa shape index (κ1) is 19.3. The van der Waals surface area contributed by atoms with Crippen LogP contribution in [-0.4, -0.2) is 6.21 Å². The first-order chi connectivity index (χ1) is 12.0. The van der Waals surface area contributed by atoms with Gasteiger partial charge >= 0.3 is 0 Å². The van der Waals surface area contributed by atoms with Crippen molar-refractivity contribution in [1.82, 2.24) is 0 Å². The number of hydrogen-bond donors (Lipinski definition) is 0. The van der Waals surface area contributed by atoms with Crippen LogP contribution in [-0.2, 0) is 0 Å². The Hall–Kier alpha value is -1.98. The van der Waals surface area contributed by atoms with E-state index in [1.807, 2.05) is 18.4 Å². The molecule has 0 fully saturated rings. The predicted octanol–water partition coefficient (Wildman–Crippen LogP) is 5.91. The summed E-state index contributed by atoms with van der Waals surface area (Å²) in [6.45, 7) is 10.7.